The Hall–Kier alpha value is -2.94. The summed E-state index contributed by atoms with van der Waals surface area (Å²) in [5.41, 5.74) is 6.48. The molecule has 3 aliphatic heterocycles. The highest BCUT2D eigenvalue weighted by molar-refractivity contribution is 6.32. The first kappa shape index (κ1) is 21.9. The Morgan fingerprint density at radius 2 is 1.85 bits per heavy atom. The van der Waals surface area contributed by atoms with Crippen molar-refractivity contribution >= 4 is 52.5 Å². The van der Waals surface area contributed by atoms with E-state index in [-0.39, 0.29) is 13.0 Å². The maximum absolute atomic E-state index is 13.7. The number of hydrogen-bond donors (Lipinski definition) is 3. The number of quaternary nitrogens is 1. The van der Waals surface area contributed by atoms with Gasteiger partial charge in [0.25, 0.3) is 5.91 Å². The van der Waals surface area contributed by atoms with E-state index >= 15 is 0 Å². The number of imide groups is 1. The lowest BCUT2D eigenvalue weighted by atomic mass is 9.76. The van der Waals surface area contributed by atoms with Gasteiger partial charge < -0.3 is 16.4 Å². The first-order chi connectivity index (χ1) is 15.7. The number of halogens is 2. The SMILES string of the molecule is Cc1c(Cl)ccc2c1NC(=O)[C@]21[NH2+][C@H](CC(N)=O)[C@H]2C(=O)N(Cc3ccccc3Cl)C(=O)[C@H]21. The molecule has 0 unspecified atom stereocenters. The van der Waals surface area contributed by atoms with E-state index in [4.69, 9.17) is 28.9 Å². The van der Waals surface area contributed by atoms with Crippen LogP contribution >= 0.6 is 23.2 Å². The standard InChI is InChI=1S/C23H20Cl2N4O4/c1-10-13(24)7-6-12-19(10)27-22(33)23(12)18-17(15(28-23)8-16(26)30)20(31)29(21(18)32)9-11-4-2-3-5-14(11)25/h2-7,15,17-18,28H,8-9H2,1H3,(H2,26,30)(H,27,33)/p+1/t15-,17-,18+,23+/m1/s1. The number of amides is 4. The highest BCUT2D eigenvalue weighted by atomic mass is 35.5. The van der Waals surface area contributed by atoms with Crippen molar-refractivity contribution in [3.8, 4) is 0 Å². The van der Waals surface area contributed by atoms with E-state index in [0.717, 1.165) is 4.90 Å². The number of carbonyl (C=O) groups excluding carboxylic acids is 4. The Kier molecular flexibility index (Phi) is 5.00. The van der Waals surface area contributed by atoms with Gasteiger partial charge in [-0.1, -0.05) is 41.4 Å². The molecule has 170 valence electrons. The minimum Gasteiger partial charge on any atom is -0.369 e. The van der Waals surface area contributed by atoms with Crippen molar-refractivity contribution in [2.45, 2.75) is 31.5 Å². The second-order valence-corrected chi connectivity index (χ2v) is 9.59. The quantitative estimate of drug-likeness (QED) is 0.557. The summed E-state index contributed by atoms with van der Waals surface area (Å²) in [7, 11) is 0. The molecule has 2 saturated heterocycles. The minimum absolute atomic E-state index is 0.0160. The molecule has 2 fully saturated rings. The zero-order valence-electron chi connectivity index (χ0n) is 17.6. The topological polar surface area (TPSA) is 126 Å². The van der Waals surface area contributed by atoms with Gasteiger partial charge in [0, 0.05) is 15.6 Å². The molecule has 0 aromatic heterocycles. The van der Waals surface area contributed by atoms with Gasteiger partial charge >= 0.3 is 0 Å². The van der Waals surface area contributed by atoms with Crippen LogP contribution in [0.1, 0.15) is 23.1 Å². The summed E-state index contributed by atoms with van der Waals surface area (Å²) in [6.07, 6.45) is -0.142. The summed E-state index contributed by atoms with van der Waals surface area (Å²) < 4.78 is 0. The molecule has 0 bridgehead atoms. The lowest BCUT2D eigenvalue weighted by molar-refractivity contribution is -0.732. The van der Waals surface area contributed by atoms with Gasteiger partial charge in [-0.3, -0.25) is 24.1 Å². The lowest BCUT2D eigenvalue weighted by Gasteiger charge is -2.26. The number of nitrogens with one attached hydrogen (secondary N) is 1. The molecule has 10 heteroatoms. The first-order valence-electron chi connectivity index (χ1n) is 10.5. The van der Waals surface area contributed by atoms with E-state index in [1.807, 2.05) is 0 Å². The monoisotopic (exact) mass is 487 g/mol. The van der Waals surface area contributed by atoms with Gasteiger partial charge in [0.15, 0.2) is 0 Å². The van der Waals surface area contributed by atoms with Crippen LogP contribution in [-0.2, 0) is 31.3 Å². The summed E-state index contributed by atoms with van der Waals surface area (Å²) in [5.74, 6) is -3.79. The number of rotatable bonds is 4. The van der Waals surface area contributed by atoms with Gasteiger partial charge in [-0.2, -0.15) is 0 Å². The zero-order valence-corrected chi connectivity index (χ0v) is 19.1. The summed E-state index contributed by atoms with van der Waals surface area (Å²) in [5, 5.41) is 5.44. The molecule has 0 radical (unpaired) electrons. The van der Waals surface area contributed by atoms with E-state index in [0.29, 0.717) is 32.4 Å². The highest BCUT2D eigenvalue weighted by Crippen LogP contribution is 2.51. The molecule has 3 aliphatic rings. The molecule has 0 saturated carbocycles. The van der Waals surface area contributed by atoms with Crippen LogP contribution in [0.5, 0.6) is 0 Å². The Balaban J connectivity index is 1.63. The summed E-state index contributed by atoms with van der Waals surface area (Å²) in [6, 6.07) is 9.67. The molecule has 5 rings (SSSR count). The van der Waals surface area contributed by atoms with Crippen LogP contribution in [0.25, 0.3) is 0 Å². The summed E-state index contributed by atoms with van der Waals surface area (Å²) >= 11 is 12.5. The van der Waals surface area contributed by atoms with Gasteiger partial charge in [-0.05, 0) is 36.2 Å². The van der Waals surface area contributed by atoms with E-state index in [1.54, 1.807) is 48.6 Å². The fourth-order valence-corrected chi connectivity index (χ4v) is 5.94. The zero-order chi connectivity index (χ0) is 23.7. The number of anilines is 1. The fraction of sp³-hybridized carbons (Fsp3) is 0.304. The molecule has 33 heavy (non-hydrogen) atoms. The smallest absolute Gasteiger partial charge is 0.291 e. The van der Waals surface area contributed by atoms with E-state index in [2.05, 4.69) is 5.32 Å². The Labute approximate surface area is 199 Å². The number of fused-ring (bicyclic) bond motifs is 4. The average Bonchev–Trinajstić information content (AvgIpc) is 3.33. The maximum Gasteiger partial charge on any atom is 0.291 e. The second-order valence-electron chi connectivity index (χ2n) is 8.78. The molecule has 4 atom stereocenters. The number of carbonyl (C=O) groups is 4. The number of likely N-dealkylation sites (tertiary alicyclic amines) is 1. The molecule has 1 spiro atoms. The predicted molar refractivity (Wildman–Crippen MR) is 120 cm³/mol. The average molecular weight is 488 g/mol. The molecular formula is C23H21Cl2N4O4+. The molecule has 8 nitrogen and oxygen atoms in total. The van der Waals surface area contributed by atoms with Crippen molar-refractivity contribution in [2.75, 3.05) is 5.32 Å². The van der Waals surface area contributed by atoms with E-state index < -0.39 is 47.0 Å². The van der Waals surface area contributed by atoms with E-state index in [1.165, 1.54) is 0 Å². The largest absolute Gasteiger partial charge is 0.369 e. The van der Waals surface area contributed by atoms with Gasteiger partial charge in [0.05, 0.1) is 18.7 Å². The number of hydrogen-bond acceptors (Lipinski definition) is 4. The van der Waals surface area contributed by atoms with Gasteiger partial charge in [0.1, 0.15) is 17.9 Å². The Morgan fingerprint density at radius 3 is 2.55 bits per heavy atom. The van der Waals surface area contributed by atoms with Crippen molar-refractivity contribution in [3.63, 3.8) is 0 Å². The minimum atomic E-state index is -1.39. The molecule has 0 aliphatic carbocycles. The van der Waals surface area contributed by atoms with Crippen molar-refractivity contribution < 1.29 is 24.5 Å². The molecule has 4 amide bonds. The third-order valence-electron chi connectivity index (χ3n) is 7.05. The summed E-state index contributed by atoms with van der Waals surface area (Å²) in [6.45, 7) is 1.76. The Morgan fingerprint density at radius 1 is 1.12 bits per heavy atom. The van der Waals surface area contributed by atoms with Gasteiger partial charge in [-0.15, -0.1) is 0 Å². The van der Waals surface area contributed by atoms with Crippen LogP contribution in [-0.4, -0.2) is 34.6 Å². The van der Waals surface area contributed by atoms with Crippen LogP contribution in [0.3, 0.4) is 0 Å². The van der Waals surface area contributed by atoms with Crippen LogP contribution in [0.4, 0.5) is 5.69 Å². The third-order valence-corrected chi connectivity index (χ3v) is 7.83. The number of nitrogens with two attached hydrogens (primary N) is 2. The van der Waals surface area contributed by atoms with Crippen molar-refractivity contribution in [3.05, 3.63) is 63.1 Å². The second kappa shape index (κ2) is 7.55. The molecule has 3 heterocycles. The number of nitrogens with zero attached hydrogens (tertiary/aromatic N) is 1. The van der Waals surface area contributed by atoms with Crippen molar-refractivity contribution in [1.29, 1.82) is 0 Å². The van der Waals surface area contributed by atoms with Crippen LogP contribution in [0.2, 0.25) is 10.0 Å². The normalized spacial score (nSPS) is 27.8. The first-order valence-corrected chi connectivity index (χ1v) is 11.3. The molecule has 2 aromatic rings. The van der Waals surface area contributed by atoms with Crippen molar-refractivity contribution in [2.24, 2.45) is 17.6 Å². The van der Waals surface area contributed by atoms with Crippen LogP contribution in [0.15, 0.2) is 36.4 Å². The van der Waals surface area contributed by atoms with Crippen LogP contribution in [0, 0.1) is 18.8 Å². The molecule has 2 aromatic carbocycles. The van der Waals surface area contributed by atoms with Gasteiger partial charge in [0.2, 0.25) is 23.3 Å². The van der Waals surface area contributed by atoms with Crippen LogP contribution < -0.4 is 16.4 Å². The fourth-order valence-electron chi connectivity index (χ4n) is 5.58. The molecule has 5 N–H and O–H groups in total. The third kappa shape index (κ3) is 3.01. The number of benzene rings is 2. The van der Waals surface area contributed by atoms with Crippen molar-refractivity contribution in [1.82, 2.24) is 4.90 Å². The summed E-state index contributed by atoms with van der Waals surface area (Å²) in [4.78, 5) is 53.7. The number of primary amides is 1. The van der Waals surface area contributed by atoms with Gasteiger partial charge in [-0.25, -0.2) is 0 Å². The highest BCUT2D eigenvalue weighted by Gasteiger charge is 2.74. The predicted octanol–water partition coefficient (Wildman–Crippen LogP) is 1.07. The maximum atomic E-state index is 13.7. The lowest BCUT2D eigenvalue weighted by Crippen LogP contribution is -2.99. The molecular weight excluding hydrogens is 467 g/mol. The van der Waals surface area contributed by atoms with E-state index in [9.17, 15) is 19.2 Å². The Bertz CT molecular complexity index is 1250.